The van der Waals surface area contributed by atoms with Gasteiger partial charge in [-0.3, -0.25) is 4.79 Å². The van der Waals surface area contributed by atoms with Crippen molar-refractivity contribution in [1.29, 1.82) is 0 Å². The lowest BCUT2D eigenvalue weighted by molar-refractivity contribution is -0.118. The summed E-state index contributed by atoms with van der Waals surface area (Å²) in [5.41, 5.74) is 9.00. The molecule has 1 fully saturated rings. The molecule has 0 aromatic carbocycles. The molecule has 3 nitrogen and oxygen atoms in total. The summed E-state index contributed by atoms with van der Waals surface area (Å²) in [7, 11) is 0. The Labute approximate surface area is 107 Å². The summed E-state index contributed by atoms with van der Waals surface area (Å²) < 4.78 is 0. The number of carbonyl (C=O) groups is 1. The number of rotatable bonds is 2. The molecular weight excluding hydrogens is 224 g/mol. The Hall–Kier alpha value is -1.61. The first kappa shape index (κ1) is 11.5. The summed E-state index contributed by atoms with van der Waals surface area (Å²) in [6.45, 7) is 0. The first-order valence-corrected chi connectivity index (χ1v) is 6.63. The van der Waals surface area contributed by atoms with E-state index in [4.69, 9.17) is 5.73 Å². The second-order valence-electron chi connectivity index (χ2n) is 5.17. The zero-order valence-electron chi connectivity index (χ0n) is 10.4. The minimum absolute atomic E-state index is 0.0125. The standard InChI is InChI=1S/C15H18N2O/c16-13-6-1-2-7-14(13)17-15(18)12-9-8-10-4-3-5-11(10)12/h3-5,8-9,13-14H,1-2,6-7,16H2,(H,17,18)/t13-,14-/m1/s1. The maximum atomic E-state index is 12.3. The van der Waals surface area contributed by atoms with Gasteiger partial charge in [0.25, 0.3) is 5.91 Å². The van der Waals surface area contributed by atoms with Crippen molar-refractivity contribution in [2.45, 2.75) is 37.8 Å². The van der Waals surface area contributed by atoms with Gasteiger partial charge in [-0.2, -0.15) is 0 Å². The number of fused-ring (bicyclic) bond motifs is 1. The molecule has 94 valence electrons. The maximum Gasteiger partial charge on any atom is 0.252 e. The van der Waals surface area contributed by atoms with Crippen LogP contribution in [0.5, 0.6) is 0 Å². The van der Waals surface area contributed by atoms with E-state index in [1.807, 2.05) is 30.4 Å². The highest BCUT2D eigenvalue weighted by atomic mass is 16.1. The van der Waals surface area contributed by atoms with Gasteiger partial charge in [0.05, 0.1) is 0 Å². The number of nitrogens with two attached hydrogens (primary N) is 1. The van der Waals surface area contributed by atoms with E-state index in [0.717, 1.165) is 36.0 Å². The molecule has 0 unspecified atom stereocenters. The van der Waals surface area contributed by atoms with Crippen LogP contribution in [-0.4, -0.2) is 18.0 Å². The summed E-state index contributed by atoms with van der Waals surface area (Å²) in [6.07, 6.45) is 14.2. The van der Waals surface area contributed by atoms with Crippen LogP contribution >= 0.6 is 0 Å². The van der Waals surface area contributed by atoms with Gasteiger partial charge in [-0.25, -0.2) is 0 Å². The van der Waals surface area contributed by atoms with E-state index in [0.29, 0.717) is 0 Å². The Morgan fingerprint density at radius 3 is 2.89 bits per heavy atom. The molecule has 1 saturated carbocycles. The van der Waals surface area contributed by atoms with Gasteiger partial charge < -0.3 is 11.1 Å². The molecule has 18 heavy (non-hydrogen) atoms. The lowest BCUT2D eigenvalue weighted by atomic mass is 9.91. The van der Waals surface area contributed by atoms with Gasteiger partial charge in [-0.1, -0.05) is 37.1 Å². The van der Waals surface area contributed by atoms with Crippen LogP contribution in [0.4, 0.5) is 0 Å². The highest BCUT2D eigenvalue weighted by Gasteiger charge is 2.26. The van der Waals surface area contributed by atoms with E-state index in [9.17, 15) is 4.79 Å². The zero-order chi connectivity index (χ0) is 12.5. The Kier molecular flexibility index (Phi) is 2.92. The SMILES string of the molecule is N[C@@H]1CCCC[C@H]1NC(=O)C1=C2C=CC=C2C=C1. The predicted molar refractivity (Wildman–Crippen MR) is 71.8 cm³/mol. The Balaban J connectivity index is 1.72. The van der Waals surface area contributed by atoms with Gasteiger partial charge in [0.15, 0.2) is 0 Å². The van der Waals surface area contributed by atoms with Crippen molar-refractivity contribution in [3.05, 3.63) is 47.1 Å². The van der Waals surface area contributed by atoms with Crippen LogP contribution in [0.15, 0.2) is 47.1 Å². The molecule has 0 aromatic rings. The van der Waals surface area contributed by atoms with E-state index in [2.05, 4.69) is 5.32 Å². The fourth-order valence-corrected chi connectivity index (χ4v) is 2.87. The molecule has 0 bridgehead atoms. The summed E-state index contributed by atoms with van der Waals surface area (Å²) >= 11 is 0. The minimum atomic E-state index is 0.0125. The third kappa shape index (κ3) is 1.95. The fraction of sp³-hybridized carbons (Fsp3) is 0.400. The predicted octanol–water partition coefficient (Wildman–Crippen LogP) is 1.74. The summed E-state index contributed by atoms with van der Waals surface area (Å²) in [5, 5.41) is 3.09. The summed E-state index contributed by atoms with van der Waals surface area (Å²) in [4.78, 5) is 12.3. The second-order valence-corrected chi connectivity index (χ2v) is 5.17. The largest absolute Gasteiger partial charge is 0.348 e. The van der Waals surface area contributed by atoms with Crippen LogP contribution in [0.2, 0.25) is 0 Å². The van der Waals surface area contributed by atoms with E-state index < -0.39 is 0 Å². The minimum Gasteiger partial charge on any atom is -0.348 e. The summed E-state index contributed by atoms with van der Waals surface area (Å²) in [5.74, 6) is 0.0125. The van der Waals surface area contributed by atoms with Crippen molar-refractivity contribution in [2.75, 3.05) is 0 Å². The van der Waals surface area contributed by atoms with Gasteiger partial charge in [-0.15, -0.1) is 0 Å². The van der Waals surface area contributed by atoms with E-state index >= 15 is 0 Å². The third-order valence-corrected chi connectivity index (χ3v) is 3.95. The zero-order valence-corrected chi connectivity index (χ0v) is 10.4. The Bertz CT molecular complexity index is 497. The lowest BCUT2D eigenvalue weighted by Crippen LogP contribution is -2.49. The Morgan fingerprint density at radius 1 is 1.22 bits per heavy atom. The van der Waals surface area contributed by atoms with Gasteiger partial charge in [-0.05, 0) is 30.1 Å². The van der Waals surface area contributed by atoms with E-state index in [1.165, 1.54) is 6.42 Å². The molecule has 3 aliphatic rings. The van der Waals surface area contributed by atoms with Gasteiger partial charge in [0.2, 0.25) is 0 Å². The van der Waals surface area contributed by atoms with Crippen LogP contribution in [0, 0.1) is 0 Å². The molecule has 3 aliphatic carbocycles. The molecule has 3 N–H and O–H groups in total. The number of amides is 1. The van der Waals surface area contributed by atoms with Crippen LogP contribution < -0.4 is 11.1 Å². The quantitative estimate of drug-likeness (QED) is 0.775. The van der Waals surface area contributed by atoms with Crippen LogP contribution in [0.3, 0.4) is 0 Å². The first-order chi connectivity index (χ1) is 8.75. The smallest absolute Gasteiger partial charge is 0.252 e. The first-order valence-electron chi connectivity index (χ1n) is 6.63. The molecule has 0 aromatic heterocycles. The highest BCUT2D eigenvalue weighted by molar-refractivity contribution is 6.00. The molecule has 0 heterocycles. The van der Waals surface area contributed by atoms with Gasteiger partial charge >= 0.3 is 0 Å². The van der Waals surface area contributed by atoms with Crippen molar-refractivity contribution in [3.8, 4) is 0 Å². The van der Waals surface area contributed by atoms with Crippen LogP contribution in [0.1, 0.15) is 25.7 Å². The normalized spacial score (nSPS) is 29.5. The molecule has 0 radical (unpaired) electrons. The number of nitrogens with one attached hydrogen (secondary N) is 1. The molecular formula is C15H18N2O. The molecule has 3 heteroatoms. The monoisotopic (exact) mass is 242 g/mol. The highest BCUT2D eigenvalue weighted by Crippen LogP contribution is 2.30. The second kappa shape index (κ2) is 4.58. The van der Waals surface area contributed by atoms with E-state index in [-0.39, 0.29) is 18.0 Å². The van der Waals surface area contributed by atoms with Crippen molar-refractivity contribution >= 4 is 5.91 Å². The molecule has 3 rings (SSSR count). The van der Waals surface area contributed by atoms with Gasteiger partial charge in [0.1, 0.15) is 0 Å². The molecule has 2 atom stereocenters. The fourth-order valence-electron chi connectivity index (χ4n) is 2.87. The molecule has 0 spiro atoms. The summed E-state index contributed by atoms with van der Waals surface area (Å²) in [6, 6.07) is 0.235. The average molecular weight is 242 g/mol. The number of hydrogen-bond acceptors (Lipinski definition) is 2. The lowest BCUT2D eigenvalue weighted by Gasteiger charge is -2.29. The van der Waals surface area contributed by atoms with Crippen LogP contribution in [-0.2, 0) is 4.79 Å². The topological polar surface area (TPSA) is 55.1 Å². The molecule has 0 saturated heterocycles. The van der Waals surface area contributed by atoms with Crippen molar-refractivity contribution in [1.82, 2.24) is 5.32 Å². The average Bonchev–Trinajstić information content (AvgIpc) is 2.93. The number of carbonyl (C=O) groups excluding carboxylic acids is 1. The van der Waals surface area contributed by atoms with Crippen molar-refractivity contribution in [2.24, 2.45) is 5.73 Å². The number of hydrogen-bond donors (Lipinski definition) is 2. The van der Waals surface area contributed by atoms with Gasteiger partial charge in [0, 0.05) is 17.7 Å². The number of allylic oxidation sites excluding steroid dienone is 6. The Morgan fingerprint density at radius 2 is 2.06 bits per heavy atom. The van der Waals surface area contributed by atoms with Crippen molar-refractivity contribution < 1.29 is 4.79 Å². The van der Waals surface area contributed by atoms with Crippen molar-refractivity contribution in [3.63, 3.8) is 0 Å². The third-order valence-electron chi connectivity index (χ3n) is 3.95. The van der Waals surface area contributed by atoms with Crippen LogP contribution in [0.25, 0.3) is 0 Å². The molecule has 0 aliphatic heterocycles. The molecule has 1 amide bonds. The maximum absolute atomic E-state index is 12.3. The van der Waals surface area contributed by atoms with E-state index in [1.54, 1.807) is 0 Å².